The lowest BCUT2D eigenvalue weighted by Crippen LogP contribution is -2.50. The Bertz CT molecular complexity index is 416. The maximum absolute atomic E-state index is 4.90. The van der Waals surface area contributed by atoms with Crippen LogP contribution < -0.4 is 10.2 Å². The summed E-state index contributed by atoms with van der Waals surface area (Å²) in [6, 6.07) is 0.605. The second kappa shape index (κ2) is 6.20. The van der Waals surface area contributed by atoms with E-state index in [2.05, 4.69) is 42.9 Å². The van der Waals surface area contributed by atoms with Gasteiger partial charge in [-0.2, -0.15) is 0 Å². The Morgan fingerprint density at radius 1 is 1.42 bits per heavy atom. The van der Waals surface area contributed by atoms with Gasteiger partial charge in [0.25, 0.3) is 0 Å². The molecule has 0 radical (unpaired) electrons. The van der Waals surface area contributed by atoms with Crippen LogP contribution in [0, 0.1) is 0 Å². The zero-order valence-corrected chi connectivity index (χ0v) is 13.5. The van der Waals surface area contributed by atoms with E-state index in [1.807, 2.05) is 18.4 Å². The highest BCUT2D eigenvalue weighted by atomic mass is 32.1. The predicted molar refractivity (Wildman–Crippen MR) is 83.3 cm³/mol. The van der Waals surface area contributed by atoms with E-state index >= 15 is 0 Å². The van der Waals surface area contributed by atoms with Crippen LogP contribution in [0.3, 0.4) is 0 Å². The third kappa shape index (κ3) is 3.27. The first-order valence-electron chi connectivity index (χ1n) is 7.12. The van der Waals surface area contributed by atoms with Gasteiger partial charge in [-0.3, -0.25) is 0 Å². The van der Waals surface area contributed by atoms with Crippen LogP contribution >= 0.6 is 11.3 Å². The molecule has 1 fully saturated rings. The number of aromatic nitrogens is 1. The number of nitrogens with zero attached hydrogens (tertiary/aromatic N) is 3. The smallest absolute Gasteiger partial charge is 0.185 e. The Kier molecular flexibility index (Phi) is 4.81. The molecule has 1 N–H and O–H groups in total. The Labute approximate surface area is 120 Å². The van der Waals surface area contributed by atoms with E-state index in [1.165, 1.54) is 15.7 Å². The van der Waals surface area contributed by atoms with Gasteiger partial charge in [-0.15, -0.1) is 11.3 Å². The Hall–Kier alpha value is -0.650. The summed E-state index contributed by atoms with van der Waals surface area (Å²) in [5.41, 5.74) is 1.26. The molecule has 1 aromatic heterocycles. The molecule has 1 aliphatic heterocycles. The van der Waals surface area contributed by atoms with Crippen molar-refractivity contribution >= 4 is 16.5 Å². The monoisotopic (exact) mass is 282 g/mol. The fourth-order valence-corrected chi connectivity index (χ4v) is 3.71. The topological polar surface area (TPSA) is 31.4 Å². The number of nitrogens with one attached hydrogen (secondary N) is 1. The minimum absolute atomic E-state index is 0.498. The average Bonchev–Trinajstić information content (AvgIpc) is 2.77. The molecule has 1 aromatic rings. The summed E-state index contributed by atoms with van der Waals surface area (Å²) in [7, 11) is 4.21. The fourth-order valence-electron chi connectivity index (χ4n) is 2.45. The highest BCUT2D eigenvalue weighted by Gasteiger charge is 2.24. The first-order valence-corrected chi connectivity index (χ1v) is 7.94. The van der Waals surface area contributed by atoms with Crippen LogP contribution in [0.2, 0.25) is 0 Å². The molecule has 0 aliphatic carbocycles. The molecule has 4 nitrogen and oxygen atoms in total. The molecular formula is C14H26N4S. The molecule has 0 spiro atoms. The maximum atomic E-state index is 4.90. The molecule has 0 saturated carbocycles. The molecule has 2 heterocycles. The van der Waals surface area contributed by atoms with Gasteiger partial charge in [-0.1, -0.05) is 13.8 Å². The quantitative estimate of drug-likeness (QED) is 0.917. The first-order chi connectivity index (χ1) is 9.02. The van der Waals surface area contributed by atoms with E-state index in [4.69, 9.17) is 4.98 Å². The molecule has 19 heavy (non-hydrogen) atoms. The Morgan fingerprint density at radius 3 is 2.74 bits per heavy atom. The van der Waals surface area contributed by atoms with Gasteiger partial charge >= 0.3 is 0 Å². The van der Waals surface area contributed by atoms with Crippen molar-refractivity contribution in [3.05, 3.63) is 10.6 Å². The molecule has 1 saturated heterocycles. The van der Waals surface area contributed by atoms with Gasteiger partial charge in [0.05, 0.1) is 5.69 Å². The summed E-state index contributed by atoms with van der Waals surface area (Å²) < 4.78 is 0. The number of thiazole rings is 1. The van der Waals surface area contributed by atoms with Gasteiger partial charge in [-0.05, 0) is 26.9 Å². The van der Waals surface area contributed by atoms with Gasteiger partial charge in [0.1, 0.15) is 0 Å². The third-order valence-corrected chi connectivity index (χ3v) is 4.96. The normalized spacial score (nSPS) is 21.4. The van der Waals surface area contributed by atoms with Crippen molar-refractivity contribution in [2.75, 3.05) is 38.6 Å². The van der Waals surface area contributed by atoms with Crippen LogP contribution in [-0.4, -0.2) is 49.7 Å². The standard InChI is InChI=1S/C14H26N4S/c1-10(2)13-12(8-15-4)19-14(16-13)18-7-6-17(5)11(3)9-18/h10-11,15H,6-9H2,1-5H3. The van der Waals surface area contributed by atoms with Crippen molar-refractivity contribution in [2.45, 2.75) is 39.3 Å². The SMILES string of the molecule is CNCc1sc(N2CCN(C)C(C)C2)nc1C(C)C. The summed E-state index contributed by atoms with van der Waals surface area (Å²) in [6.07, 6.45) is 0. The lowest BCUT2D eigenvalue weighted by molar-refractivity contribution is 0.234. The molecule has 0 aromatic carbocycles. The molecule has 5 heteroatoms. The highest BCUT2D eigenvalue weighted by Crippen LogP contribution is 2.31. The van der Waals surface area contributed by atoms with Crippen LogP contribution in [0.5, 0.6) is 0 Å². The molecule has 108 valence electrons. The summed E-state index contributed by atoms with van der Waals surface area (Å²) in [5.74, 6) is 0.498. The zero-order chi connectivity index (χ0) is 14.0. The van der Waals surface area contributed by atoms with Crippen molar-refractivity contribution < 1.29 is 0 Å². The molecule has 2 rings (SSSR count). The van der Waals surface area contributed by atoms with Crippen molar-refractivity contribution in [1.29, 1.82) is 0 Å². The van der Waals surface area contributed by atoms with Crippen LogP contribution in [0.15, 0.2) is 0 Å². The number of anilines is 1. The molecule has 1 atom stereocenters. The lowest BCUT2D eigenvalue weighted by atomic mass is 10.1. The van der Waals surface area contributed by atoms with Gasteiger partial charge in [0.2, 0.25) is 0 Å². The minimum Gasteiger partial charge on any atom is -0.345 e. The van der Waals surface area contributed by atoms with Crippen molar-refractivity contribution in [1.82, 2.24) is 15.2 Å². The van der Waals surface area contributed by atoms with Gasteiger partial charge < -0.3 is 15.1 Å². The van der Waals surface area contributed by atoms with Crippen LogP contribution in [-0.2, 0) is 6.54 Å². The number of piperazine rings is 1. The summed E-state index contributed by atoms with van der Waals surface area (Å²) >= 11 is 1.86. The summed E-state index contributed by atoms with van der Waals surface area (Å²) in [5, 5.41) is 4.46. The molecule has 0 bridgehead atoms. The largest absolute Gasteiger partial charge is 0.345 e. The van der Waals surface area contributed by atoms with E-state index in [1.54, 1.807) is 0 Å². The second-order valence-corrected chi connectivity index (χ2v) is 6.83. The summed E-state index contributed by atoms with van der Waals surface area (Å²) in [6.45, 7) is 11.0. The van der Waals surface area contributed by atoms with Crippen molar-refractivity contribution in [2.24, 2.45) is 0 Å². The van der Waals surface area contributed by atoms with E-state index in [-0.39, 0.29) is 0 Å². The average molecular weight is 282 g/mol. The van der Waals surface area contributed by atoms with Crippen LogP contribution in [0.1, 0.15) is 37.3 Å². The Balaban J connectivity index is 2.18. The zero-order valence-electron chi connectivity index (χ0n) is 12.7. The maximum Gasteiger partial charge on any atom is 0.185 e. The second-order valence-electron chi connectivity index (χ2n) is 5.77. The number of hydrogen-bond donors (Lipinski definition) is 1. The van der Waals surface area contributed by atoms with E-state index in [9.17, 15) is 0 Å². The van der Waals surface area contributed by atoms with Gasteiger partial charge in [0.15, 0.2) is 5.13 Å². The summed E-state index contributed by atoms with van der Waals surface area (Å²) in [4.78, 5) is 11.1. The number of likely N-dealkylation sites (N-methyl/N-ethyl adjacent to an activating group) is 1. The third-order valence-electron chi connectivity index (χ3n) is 3.83. The molecule has 0 amide bonds. The van der Waals surface area contributed by atoms with Gasteiger partial charge in [0, 0.05) is 37.1 Å². The molecule has 1 unspecified atom stereocenters. The fraction of sp³-hybridized carbons (Fsp3) is 0.786. The number of hydrogen-bond acceptors (Lipinski definition) is 5. The predicted octanol–water partition coefficient (Wildman–Crippen LogP) is 2.13. The molecule has 1 aliphatic rings. The van der Waals surface area contributed by atoms with E-state index < -0.39 is 0 Å². The van der Waals surface area contributed by atoms with Gasteiger partial charge in [-0.25, -0.2) is 4.98 Å². The van der Waals surface area contributed by atoms with E-state index in [0.717, 1.165) is 26.2 Å². The Morgan fingerprint density at radius 2 is 2.16 bits per heavy atom. The van der Waals surface area contributed by atoms with Crippen LogP contribution in [0.25, 0.3) is 0 Å². The minimum atomic E-state index is 0.498. The van der Waals surface area contributed by atoms with Crippen LogP contribution in [0.4, 0.5) is 5.13 Å². The lowest BCUT2D eigenvalue weighted by Gasteiger charge is -2.37. The van der Waals surface area contributed by atoms with E-state index in [0.29, 0.717) is 12.0 Å². The number of rotatable bonds is 4. The van der Waals surface area contributed by atoms with Crippen molar-refractivity contribution in [3.63, 3.8) is 0 Å². The first kappa shape index (κ1) is 14.8. The van der Waals surface area contributed by atoms with Crippen molar-refractivity contribution in [3.8, 4) is 0 Å². The molecular weight excluding hydrogens is 256 g/mol. The highest BCUT2D eigenvalue weighted by molar-refractivity contribution is 7.15.